The summed E-state index contributed by atoms with van der Waals surface area (Å²) in [5, 5.41) is 16.5. The minimum atomic E-state index is -1.02. The Morgan fingerprint density at radius 3 is 2.66 bits per heavy atom. The third kappa shape index (κ3) is 6.82. The Morgan fingerprint density at radius 1 is 1.06 bits per heavy atom. The van der Waals surface area contributed by atoms with Crippen molar-refractivity contribution in [2.45, 2.75) is 17.7 Å². The fraction of sp³-hybridized carbons (Fsp3) is 0.182. The monoisotopic (exact) mass is 471 g/mol. The van der Waals surface area contributed by atoms with Crippen LogP contribution in [0.3, 0.4) is 0 Å². The second kappa shape index (κ2) is 11.3. The maximum atomic E-state index is 12.4. The zero-order chi connectivity index (χ0) is 22.9. The first-order valence-electron chi connectivity index (χ1n) is 9.58. The van der Waals surface area contributed by atoms with E-state index in [1.165, 1.54) is 23.1 Å². The van der Waals surface area contributed by atoms with E-state index in [-0.39, 0.29) is 30.4 Å². The zero-order valence-corrected chi connectivity index (χ0v) is 18.8. The average molecular weight is 472 g/mol. The second-order valence-electron chi connectivity index (χ2n) is 6.54. The summed E-state index contributed by atoms with van der Waals surface area (Å²) in [6.45, 7) is 0. The molecule has 3 N–H and O–H groups in total. The van der Waals surface area contributed by atoms with Crippen LogP contribution in [0.5, 0.6) is 5.75 Å². The number of amides is 2. The molecule has 32 heavy (non-hydrogen) atoms. The summed E-state index contributed by atoms with van der Waals surface area (Å²) in [5.41, 5.74) is 2.12. The van der Waals surface area contributed by atoms with Gasteiger partial charge in [0, 0.05) is 27.9 Å². The number of benzene rings is 2. The van der Waals surface area contributed by atoms with Crippen LogP contribution in [0.25, 0.3) is 11.3 Å². The number of carbonyl (C=O) groups excluding carboxylic acids is 2. The van der Waals surface area contributed by atoms with Crippen molar-refractivity contribution < 1.29 is 24.2 Å². The highest BCUT2D eigenvalue weighted by Crippen LogP contribution is 2.32. The van der Waals surface area contributed by atoms with Crippen molar-refractivity contribution in [3.05, 3.63) is 53.9 Å². The molecular formula is C22H21N3O5S2. The molecule has 0 atom stereocenters. The molecule has 0 spiro atoms. The fourth-order valence-corrected chi connectivity index (χ4v) is 4.20. The number of ether oxygens (including phenoxy) is 1. The Labute approximate surface area is 193 Å². The summed E-state index contributed by atoms with van der Waals surface area (Å²) < 4.78 is 5.36. The minimum Gasteiger partial charge on any atom is -0.496 e. The first kappa shape index (κ1) is 23.3. The molecule has 0 radical (unpaired) electrons. The minimum absolute atomic E-state index is 0.0975. The lowest BCUT2D eigenvalue weighted by Gasteiger charge is -2.07. The zero-order valence-electron chi connectivity index (χ0n) is 17.2. The lowest BCUT2D eigenvalue weighted by atomic mass is 10.1. The maximum Gasteiger partial charge on any atom is 0.303 e. The van der Waals surface area contributed by atoms with E-state index >= 15 is 0 Å². The first-order valence-corrected chi connectivity index (χ1v) is 11.4. The van der Waals surface area contributed by atoms with E-state index in [1.807, 2.05) is 35.7 Å². The van der Waals surface area contributed by atoms with Crippen LogP contribution in [-0.4, -0.2) is 40.7 Å². The van der Waals surface area contributed by atoms with Crippen molar-refractivity contribution in [3.8, 4) is 17.0 Å². The molecule has 0 aliphatic heterocycles. The van der Waals surface area contributed by atoms with Crippen LogP contribution in [0.1, 0.15) is 12.8 Å². The molecule has 3 rings (SSSR count). The third-order valence-electron chi connectivity index (χ3n) is 4.19. The van der Waals surface area contributed by atoms with Crippen LogP contribution in [-0.2, 0) is 14.4 Å². The van der Waals surface area contributed by atoms with E-state index in [2.05, 4.69) is 15.6 Å². The Bertz CT molecular complexity index is 1120. The quantitative estimate of drug-likeness (QED) is 0.376. The Balaban J connectivity index is 1.53. The largest absolute Gasteiger partial charge is 0.496 e. The molecule has 0 bridgehead atoms. The van der Waals surface area contributed by atoms with E-state index in [9.17, 15) is 14.4 Å². The molecular weight excluding hydrogens is 450 g/mol. The van der Waals surface area contributed by atoms with Gasteiger partial charge >= 0.3 is 5.97 Å². The van der Waals surface area contributed by atoms with Crippen LogP contribution in [0, 0.1) is 0 Å². The van der Waals surface area contributed by atoms with Crippen LogP contribution in [0.2, 0.25) is 0 Å². The molecule has 8 nitrogen and oxygen atoms in total. The highest BCUT2D eigenvalue weighted by atomic mass is 32.2. The fourth-order valence-electron chi connectivity index (χ4n) is 2.72. The predicted octanol–water partition coefficient (Wildman–Crippen LogP) is 4.35. The summed E-state index contributed by atoms with van der Waals surface area (Å²) in [5.74, 6) is -0.722. The van der Waals surface area contributed by atoms with Crippen LogP contribution in [0.15, 0.2) is 58.8 Å². The number of carboxylic acid groups (broad SMARTS) is 1. The van der Waals surface area contributed by atoms with Crippen molar-refractivity contribution >= 4 is 51.7 Å². The molecule has 0 saturated carbocycles. The van der Waals surface area contributed by atoms with Gasteiger partial charge in [-0.05, 0) is 30.3 Å². The number of thiazole rings is 1. The number of methoxy groups -OCH3 is 1. The van der Waals surface area contributed by atoms with Gasteiger partial charge in [0.15, 0.2) is 5.13 Å². The Hall–Kier alpha value is -3.37. The number of para-hydroxylation sites is 1. The number of carbonyl (C=O) groups is 3. The number of nitrogens with zero attached hydrogens (tertiary/aromatic N) is 1. The number of rotatable bonds is 10. The normalized spacial score (nSPS) is 10.4. The molecule has 1 aromatic heterocycles. The smallest absolute Gasteiger partial charge is 0.303 e. The SMILES string of the molecule is COc1ccccc1-c1csc(NC(=O)CSc2cccc(NC(=O)CCC(=O)O)c2)n1. The van der Waals surface area contributed by atoms with Gasteiger partial charge in [0.05, 0.1) is 25.0 Å². The van der Waals surface area contributed by atoms with Crippen LogP contribution in [0.4, 0.5) is 10.8 Å². The molecule has 0 aliphatic rings. The van der Waals surface area contributed by atoms with Crippen molar-refractivity contribution in [2.24, 2.45) is 0 Å². The van der Waals surface area contributed by atoms with Gasteiger partial charge in [0.1, 0.15) is 5.75 Å². The van der Waals surface area contributed by atoms with Crippen LogP contribution < -0.4 is 15.4 Å². The Morgan fingerprint density at radius 2 is 1.88 bits per heavy atom. The predicted molar refractivity (Wildman–Crippen MR) is 125 cm³/mol. The van der Waals surface area contributed by atoms with Crippen molar-refractivity contribution in [2.75, 3.05) is 23.5 Å². The summed E-state index contributed by atoms with van der Waals surface area (Å²) in [6.07, 6.45) is -0.324. The number of aliphatic carboxylic acids is 1. The van der Waals surface area contributed by atoms with Gasteiger partial charge in [-0.3, -0.25) is 14.4 Å². The highest BCUT2D eigenvalue weighted by Gasteiger charge is 2.12. The standard InChI is InChI=1S/C22H21N3O5S2/c1-30-18-8-3-2-7-16(18)17-12-32-22(24-17)25-20(27)13-31-15-6-4-5-14(11-15)23-19(26)9-10-21(28)29/h2-8,11-12H,9-10,13H2,1H3,(H,23,26)(H,28,29)(H,24,25,27). The van der Waals surface area contributed by atoms with Crippen LogP contribution >= 0.6 is 23.1 Å². The van der Waals surface area contributed by atoms with E-state index in [1.54, 1.807) is 25.3 Å². The lowest BCUT2D eigenvalue weighted by Crippen LogP contribution is -2.14. The van der Waals surface area contributed by atoms with E-state index in [0.717, 1.165) is 16.2 Å². The molecule has 0 aliphatic carbocycles. The van der Waals surface area contributed by atoms with Gasteiger partial charge in [0.2, 0.25) is 11.8 Å². The number of hydrogen-bond acceptors (Lipinski definition) is 7. The topological polar surface area (TPSA) is 118 Å². The van der Waals surface area contributed by atoms with E-state index in [4.69, 9.17) is 9.84 Å². The molecule has 2 aromatic carbocycles. The second-order valence-corrected chi connectivity index (χ2v) is 8.45. The van der Waals surface area contributed by atoms with E-state index in [0.29, 0.717) is 16.6 Å². The molecule has 3 aromatic rings. The van der Waals surface area contributed by atoms with Crippen molar-refractivity contribution in [1.82, 2.24) is 4.98 Å². The number of hydrogen-bond donors (Lipinski definition) is 3. The molecule has 0 unspecified atom stereocenters. The highest BCUT2D eigenvalue weighted by molar-refractivity contribution is 8.00. The van der Waals surface area contributed by atoms with Crippen molar-refractivity contribution in [3.63, 3.8) is 0 Å². The lowest BCUT2D eigenvalue weighted by molar-refractivity contribution is -0.138. The van der Waals surface area contributed by atoms with Gasteiger partial charge in [-0.2, -0.15) is 0 Å². The van der Waals surface area contributed by atoms with Gasteiger partial charge in [0.25, 0.3) is 0 Å². The number of carboxylic acids is 1. The summed E-state index contributed by atoms with van der Waals surface area (Å²) >= 11 is 2.65. The van der Waals surface area contributed by atoms with E-state index < -0.39 is 5.97 Å². The van der Waals surface area contributed by atoms with Gasteiger partial charge in [-0.1, -0.05) is 18.2 Å². The Kier molecular flexibility index (Phi) is 8.23. The number of aromatic nitrogens is 1. The molecule has 0 fully saturated rings. The molecule has 1 heterocycles. The van der Waals surface area contributed by atoms with Crippen molar-refractivity contribution in [1.29, 1.82) is 0 Å². The summed E-state index contributed by atoms with van der Waals surface area (Å²) in [6, 6.07) is 14.6. The molecule has 2 amide bonds. The number of nitrogens with one attached hydrogen (secondary N) is 2. The maximum absolute atomic E-state index is 12.4. The molecule has 10 heteroatoms. The first-order chi connectivity index (χ1) is 15.4. The number of anilines is 2. The summed E-state index contributed by atoms with van der Waals surface area (Å²) in [7, 11) is 1.60. The molecule has 166 valence electrons. The van der Waals surface area contributed by atoms with Gasteiger partial charge in [-0.15, -0.1) is 23.1 Å². The van der Waals surface area contributed by atoms with Gasteiger partial charge in [-0.25, -0.2) is 4.98 Å². The third-order valence-corrected chi connectivity index (χ3v) is 5.94. The molecule has 0 saturated heterocycles. The average Bonchev–Trinajstić information content (AvgIpc) is 3.24. The number of thioether (sulfide) groups is 1. The van der Waals surface area contributed by atoms with Gasteiger partial charge < -0.3 is 20.5 Å². The summed E-state index contributed by atoms with van der Waals surface area (Å²) in [4.78, 5) is 40.0.